The molecule has 0 aliphatic rings. The number of aldehydes is 1. The highest BCUT2D eigenvalue weighted by Gasteiger charge is 2.21. The van der Waals surface area contributed by atoms with Gasteiger partial charge in [-0.05, 0) is 24.0 Å². The molecule has 0 saturated heterocycles. The van der Waals surface area contributed by atoms with Crippen molar-refractivity contribution in [2.75, 3.05) is 5.32 Å². The minimum absolute atomic E-state index is 0.156. The van der Waals surface area contributed by atoms with Crippen molar-refractivity contribution in [1.29, 1.82) is 0 Å². The Labute approximate surface area is 118 Å². The first-order valence-corrected chi connectivity index (χ1v) is 6.42. The minimum atomic E-state index is -0.826. The van der Waals surface area contributed by atoms with Crippen LogP contribution in [0, 0.1) is 0 Å². The van der Waals surface area contributed by atoms with Gasteiger partial charge in [0, 0.05) is 5.69 Å². The predicted octanol–water partition coefficient (Wildman–Crippen LogP) is 1.63. The summed E-state index contributed by atoms with van der Waals surface area (Å²) in [7, 11) is 0. The van der Waals surface area contributed by atoms with Crippen LogP contribution in [0.2, 0.25) is 0 Å². The van der Waals surface area contributed by atoms with Gasteiger partial charge in [-0.3, -0.25) is 9.59 Å². The number of carbonyl (C=O) groups is 3. The number of hydrogen-bond donors (Lipinski definition) is 2. The molecule has 2 N–H and O–H groups in total. The van der Waals surface area contributed by atoms with Gasteiger partial charge in [0.15, 0.2) is 0 Å². The molecule has 20 heavy (non-hydrogen) atoms. The highest BCUT2D eigenvalue weighted by molar-refractivity contribution is 6.40. The molecule has 108 valence electrons. The number of para-hydroxylation sites is 1. The average Bonchev–Trinajstić information content (AvgIpc) is 2.37. The van der Waals surface area contributed by atoms with Gasteiger partial charge in [-0.1, -0.05) is 39.0 Å². The summed E-state index contributed by atoms with van der Waals surface area (Å²) >= 11 is 0. The maximum absolute atomic E-state index is 11.8. The molecule has 0 aliphatic heterocycles. The van der Waals surface area contributed by atoms with Gasteiger partial charge >= 0.3 is 11.8 Å². The summed E-state index contributed by atoms with van der Waals surface area (Å²) in [6.07, 6.45) is 0.564. The summed E-state index contributed by atoms with van der Waals surface area (Å²) < 4.78 is 0. The zero-order valence-electron chi connectivity index (χ0n) is 12.2. The predicted molar refractivity (Wildman–Crippen MR) is 77.4 cm³/mol. The second-order valence-electron chi connectivity index (χ2n) is 5.65. The lowest BCUT2D eigenvalue weighted by Gasteiger charge is -2.22. The maximum atomic E-state index is 11.8. The normalized spacial score (nSPS) is 12.4. The molecule has 1 rings (SSSR count). The Morgan fingerprint density at radius 3 is 2.30 bits per heavy atom. The monoisotopic (exact) mass is 276 g/mol. The summed E-state index contributed by atoms with van der Waals surface area (Å²) in [5, 5.41) is 4.87. The molecule has 2 amide bonds. The van der Waals surface area contributed by atoms with Gasteiger partial charge in [0.2, 0.25) is 0 Å². The van der Waals surface area contributed by atoms with E-state index in [0.29, 0.717) is 12.0 Å². The van der Waals surface area contributed by atoms with Gasteiger partial charge in [-0.15, -0.1) is 0 Å². The van der Waals surface area contributed by atoms with Crippen LogP contribution < -0.4 is 10.6 Å². The van der Waals surface area contributed by atoms with Crippen LogP contribution in [0.1, 0.15) is 33.3 Å². The van der Waals surface area contributed by atoms with Crippen LogP contribution in [0.5, 0.6) is 0 Å². The molecule has 0 aliphatic carbocycles. The van der Waals surface area contributed by atoms with Crippen LogP contribution in [0.15, 0.2) is 24.3 Å². The minimum Gasteiger partial charge on any atom is -0.339 e. The first-order chi connectivity index (χ1) is 9.25. The third-order valence-electron chi connectivity index (χ3n) is 2.75. The van der Waals surface area contributed by atoms with Crippen LogP contribution >= 0.6 is 0 Å². The zero-order valence-corrected chi connectivity index (χ0v) is 12.2. The van der Waals surface area contributed by atoms with E-state index in [4.69, 9.17) is 0 Å². The molecule has 1 aromatic rings. The standard InChI is InChI=1S/C15H20N2O3/c1-10(9-18)16-13(19)14(20)17-12-8-6-5-7-11(12)15(2,3)4/h5-10H,1-4H3,(H,16,19)(H,17,20)/t10-/m0/s1. The number of carbonyl (C=O) groups excluding carboxylic acids is 3. The molecule has 1 atom stereocenters. The zero-order chi connectivity index (χ0) is 15.3. The van der Waals surface area contributed by atoms with Crippen molar-refractivity contribution in [3.63, 3.8) is 0 Å². The molecular formula is C15H20N2O3. The molecule has 0 saturated carbocycles. The number of amides is 2. The summed E-state index contributed by atoms with van der Waals surface area (Å²) in [6, 6.07) is 6.63. The Morgan fingerprint density at radius 1 is 1.15 bits per heavy atom. The first kappa shape index (κ1) is 15.9. The molecule has 0 spiro atoms. The van der Waals surface area contributed by atoms with Gasteiger partial charge in [0.05, 0.1) is 6.04 Å². The molecular weight excluding hydrogens is 256 g/mol. The quantitative estimate of drug-likeness (QED) is 0.651. The van der Waals surface area contributed by atoms with Crippen molar-refractivity contribution < 1.29 is 14.4 Å². The SMILES string of the molecule is C[C@@H](C=O)NC(=O)C(=O)Nc1ccccc1C(C)(C)C. The lowest BCUT2D eigenvalue weighted by Crippen LogP contribution is -2.41. The van der Waals surface area contributed by atoms with Crippen LogP contribution in [0.4, 0.5) is 5.69 Å². The highest BCUT2D eigenvalue weighted by atomic mass is 16.2. The molecule has 5 nitrogen and oxygen atoms in total. The summed E-state index contributed by atoms with van der Waals surface area (Å²) in [6.45, 7) is 7.56. The summed E-state index contributed by atoms with van der Waals surface area (Å²) in [5.74, 6) is -1.61. The lowest BCUT2D eigenvalue weighted by atomic mass is 9.86. The van der Waals surface area contributed by atoms with E-state index in [9.17, 15) is 14.4 Å². The number of hydrogen-bond acceptors (Lipinski definition) is 3. The first-order valence-electron chi connectivity index (χ1n) is 6.42. The molecule has 0 aromatic heterocycles. The Bertz CT molecular complexity index is 518. The second-order valence-corrected chi connectivity index (χ2v) is 5.65. The fraction of sp³-hybridized carbons (Fsp3) is 0.400. The van der Waals surface area contributed by atoms with E-state index >= 15 is 0 Å². The van der Waals surface area contributed by atoms with Crippen molar-refractivity contribution in [2.24, 2.45) is 0 Å². The molecule has 0 fully saturated rings. The second kappa shape index (κ2) is 6.32. The number of anilines is 1. The molecule has 0 heterocycles. The van der Waals surface area contributed by atoms with Gasteiger partial charge in [0.1, 0.15) is 6.29 Å². The maximum Gasteiger partial charge on any atom is 0.313 e. The van der Waals surface area contributed by atoms with E-state index in [1.807, 2.05) is 32.9 Å². The third kappa shape index (κ3) is 4.19. The Hall–Kier alpha value is -2.17. The van der Waals surface area contributed by atoms with Crippen molar-refractivity contribution in [2.45, 2.75) is 39.2 Å². The fourth-order valence-electron chi connectivity index (χ4n) is 1.73. The smallest absolute Gasteiger partial charge is 0.313 e. The van der Waals surface area contributed by atoms with Crippen LogP contribution in [0.3, 0.4) is 0 Å². The van der Waals surface area contributed by atoms with Crippen LogP contribution in [-0.2, 0) is 19.8 Å². The van der Waals surface area contributed by atoms with Gasteiger partial charge < -0.3 is 15.4 Å². The number of rotatable bonds is 3. The van der Waals surface area contributed by atoms with Crippen LogP contribution in [0.25, 0.3) is 0 Å². The van der Waals surface area contributed by atoms with E-state index in [1.54, 1.807) is 12.1 Å². The summed E-state index contributed by atoms with van der Waals surface area (Å²) in [4.78, 5) is 33.9. The Morgan fingerprint density at radius 2 is 1.75 bits per heavy atom. The van der Waals surface area contributed by atoms with E-state index < -0.39 is 17.9 Å². The summed E-state index contributed by atoms with van der Waals surface area (Å²) in [5.41, 5.74) is 1.37. The number of nitrogens with one attached hydrogen (secondary N) is 2. The van der Waals surface area contributed by atoms with E-state index in [2.05, 4.69) is 10.6 Å². The average molecular weight is 276 g/mol. The molecule has 0 radical (unpaired) electrons. The van der Waals surface area contributed by atoms with Crippen molar-refractivity contribution in [3.8, 4) is 0 Å². The third-order valence-corrected chi connectivity index (χ3v) is 2.75. The molecule has 1 aromatic carbocycles. The highest BCUT2D eigenvalue weighted by Crippen LogP contribution is 2.29. The number of benzene rings is 1. The topological polar surface area (TPSA) is 75.3 Å². The van der Waals surface area contributed by atoms with E-state index in [1.165, 1.54) is 6.92 Å². The molecule has 0 unspecified atom stereocenters. The molecule has 5 heteroatoms. The van der Waals surface area contributed by atoms with Crippen LogP contribution in [-0.4, -0.2) is 24.1 Å². The Balaban J connectivity index is 2.86. The van der Waals surface area contributed by atoms with Crippen molar-refractivity contribution in [1.82, 2.24) is 5.32 Å². The van der Waals surface area contributed by atoms with E-state index in [-0.39, 0.29) is 5.41 Å². The van der Waals surface area contributed by atoms with Crippen molar-refractivity contribution >= 4 is 23.8 Å². The van der Waals surface area contributed by atoms with Gasteiger partial charge in [-0.25, -0.2) is 0 Å². The van der Waals surface area contributed by atoms with Gasteiger partial charge in [0.25, 0.3) is 0 Å². The van der Waals surface area contributed by atoms with E-state index in [0.717, 1.165) is 5.56 Å². The largest absolute Gasteiger partial charge is 0.339 e. The lowest BCUT2D eigenvalue weighted by molar-refractivity contribution is -0.137. The Kier molecular flexibility index (Phi) is 5.02. The van der Waals surface area contributed by atoms with Crippen molar-refractivity contribution in [3.05, 3.63) is 29.8 Å². The van der Waals surface area contributed by atoms with Gasteiger partial charge in [-0.2, -0.15) is 0 Å². The molecule has 0 bridgehead atoms. The fourth-order valence-corrected chi connectivity index (χ4v) is 1.73.